The van der Waals surface area contributed by atoms with Crippen LogP contribution in [0.15, 0.2) is 84.9 Å². The van der Waals surface area contributed by atoms with Crippen LogP contribution in [0.25, 0.3) is 0 Å². The van der Waals surface area contributed by atoms with E-state index in [0.717, 1.165) is 23.3 Å². The molecule has 1 aliphatic rings. The lowest BCUT2D eigenvalue weighted by atomic mass is 9.72. The van der Waals surface area contributed by atoms with Gasteiger partial charge >= 0.3 is 6.18 Å². The predicted octanol–water partition coefficient (Wildman–Crippen LogP) is 5.70. The van der Waals surface area contributed by atoms with Crippen LogP contribution in [0.5, 0.6) is 0 Å². The number of rotatable bonds is 6. The second-order valence-electron chi connectivity index (χ2n) is 8.36. The molecule has 1 aliphatic heterocycles. The zero-order valence-corrected chi connectivity index (χ0v) is 18.1. The summed E-state index contributed by atoms with van der Waals surface area (Å²) >= 11 is 0. The highest BCUT2D eigenvalue weighted by atomic mass is 19.4. The van der Waals surface area contributed by atoms with Crippen molar-refractivity contribution in [1.29, 1.82) is 0 Å². The van der Waals surface area contributed by atoms with Crippen molar-refractivity contribution in [2.45, 2.75) is 30.4 Å². The predicted molar refractivity (Wildman–Crippen MR) is 121 cm³/mol. The summed E-state index contributed by atoms with van der Waals surface area (Å²) in [6, 6.07) is 24.9. The van der Waals surface area contributed by atoms with E-state index in [1.807, 2.05) is 60.7 Å². The molecule has 4 rings (SSSR count). The van der Waals surface area contributed by atoms with Gasteiger partial charge in [-0.05, 0) is 35.6 Å². The van der Waals surface area contributed by atoms with Gasteiger partial charge in [-0.1, -0.05) is 78.9 Å². The molecule has 0 saturated carbocycles. The number of hydrogen-bond acceptors (Lipinski definition) is 2. The van der Waals surface area contributed by atoms with Crippen LogP contribution < -0.4 is 5.32 Å². The molecular weight excluding hydrogens is 427 g/mol. The molecule has 0 aromatic heterocycles. The van der Waals surface area contributed by atoms with Crippen molar-refractivity contribution in [2.75, 3.05) is 19.8 Å². The van der Waals surface area contributed by atoms with E-state index in [-0.39, 0.29) is 11.8 Å². The number of carbonyl (C=O) groups is 1. The topological polar surface area (TPSA) is 38.3 Å². The Bertz CT molecular complexity index is 1020. The maximum atomic E-state index is 13.6. The van der Waals surface area contributed by atoms with Crippen LogP contribution in [0.1, 0.15) is 41.0 Å². The van der Waals surface area contributed by atoms with Crippen molar-refractivity contribution in [3.63, 3.8) is 0 Å². The highest BCUT2D eigenvalue weighted by Gasteiger charge is 2.43. The maximum absolute atomic E-state index is 13.6. The first-order valence-corrected chi connectivity index (χ1v) is 11.0. The molecule has 0 atom stereocenters. The van der Waals surface area contributed by atoms with E-state index >= 15 is 0 Å². The molecule has 0 aliphatic carbocycles. The van der Waals surface area contributed by atoms with Crippen LogP contribution in [0, 0.1) is 0 Å². The van der Waals surface area contributed by atoms with Gasteiger partial charge in [-0.25, -0.2) is 0 Å². The third-order valence-corrected chi connectivity index (χ3v) is 6.39. The van der Waals surface area contributed by atoms with Crippen LogP contribution in [-0.2, 0) is 21.1 Å². The number of nitrogens with one attached hydrogen (secondary N) is 1. The Hall–Kier alpha value is -3.12. The molecule has 6 heteroatoms. The first-order valence-electron chi connectivity index (χ1n) is 11.0. The zero-order chi connectivity index (χ0) is 23.3. The molecule has 3 aromatic carbocycles. The first-order chi connectivity index (χ1) is 15.9. The van der Waals surface area contributed by atoms with E-state index in [1.165, 1.54) is 6.07 Å². The molecule has 3 aromatic rings. The van der Waals surface area contributed by atoms with Crippen molar-refractivity contribution < 1.29 is 22.7 Å². The first kappa shape index (κ1) is 23.1. The molecule has 1 N–H and O–H groups in total. The molecule has 0 radical (unpaired) electrons. The fourth-order valence-electron chi connectivity index (χ4n) is 4.52. The van der Waals surface area contributed by atoms with E-state index in [4.69, 9.17) is 4.74 Å². The highest BCUT2D eigenvalue weighted by Crippen LogP contribution is 2.38. The summed E-state index contributed by atoms with van der Waals surface area (Å²) in [7, 11) is 0. The Morgan fingerprint density at radius 3 is 2.00 bits per heavy atom. The summed E-state index contributed by atoms with van der Waals surface area (Å²) in [5, 5.41) is 3.07. The summed E-state index contributed by atoms with van der Waals surface area (Å²) in [4.78, 5) is 13.6. The van der Waals surface area contributed by atoms with Gasteiger partial charge < -0.3 is 10.1 Å². The second-order valence-corrected chi connectivity index (χ2v) is 8.36. The van der Waals surface area contributed by atoms with E-state index in [9.17, 15) is 18.0 Å². The maximum Gasteiger partial charge on any atom is 0.416 e. The SMILES string of the molecule is O=C(NCC(c1ccccc1)c1ccccc1)C1(c2cccc(C(F)(F)F)c2)CCOCC1. The summed E-state index contributed by atoms with van der Waals surface area (Å²) < 4.78 is 45.6. The summed E-state index contributed by atoms with van der Waals surface area (Å²) in [5.74, 6) is -0.336. The molecule has 33 heavy (non-hydrogen) atoms. The van der Waals surface area contributed by atoms with Crippen molar-refractivity contribution >= 4 is 5.91 Å². The third-order valence-electron chi connectivity index (χ3n) is 6.39. The minimum absolute atomic E-state index is 0.0743. The number of ether oxygens (including phenoxy) is 1. The molecular formula is C27H26F3NO2. The monoisotopic (exact) mass is 453 g/mol. The second kappa shape index (κ2) is 9.79. The standard InChI is InChI=1S/C27H26F3NO2/c28-27(29,30)23-13-7-12-22(18-23)26(14-16-33-17-15-26)25(32)31-19-24(20-8-3-1-4-9-20)21-10-5-2-6-11-21/h1-13,18,24H,14-17,19H2,(H,31,32). The van der Waals surface area contributed by atoms with Gasteiger partial charge in [-0.2, -0.15) is 13.2 Å². The van der Waals surface area contributed by atoms with Crippen molar-refractivity contribution in [1.82, 2.24) is 5.32 Å². The van der Waals surface area contributed by atoms with Gasteiger partial charge in [-0.15, -0.1) is 0 Å². The summed E-state index contributed by atoms with van der Waals surface area (Å²) in [5.41, 5.74) is 0.699. The smallest absolute Gasteiger partial charge is 0.381 e. The third kappa shape index (κ3) is 5.11. The van der Waals surface area contributed by atoms with Gasteiger partial charge in [0, 0.05) is 25.7 Å². The van der Waals surface area contributed by atoms with Gasteiger partial charge in [0.25, 0.3) is 0 Å². The van der Waals surface area contributed by atoms with Crippen molar-refractivity contribution in [3.05, 3.63) is 107 Å². The van der Waals surface area contributed by atoms with Gasteiger partial charge in [0.05, 0.1) is 11.0 Å². The Morgan fingerprint density at radius 2 is 1.45 bits per heavy atom. The zero-order valence-electron chi connectivity index (χ0n) is 18.1. The average molecular weight is 454 g/mol. The van der Waals surface area contributed by atoms with Crippen LogP contribution >= 0.6 is 0 Å². The summed E-state index contributed by atoms with van der Waals surface area (Å²) in [6.45, 7) is 0.989. The Balaban J connectivity index is 1.62. The summed E-state index contributed by atoms with van der Waals surface area (Å²) in [6.07, 6.45) is -3.80. The van der Waals surface area contributed by atoms with Crippen LogP contribution in [0.2, 0.25) is 0 Å². The van der Waals surface area contributed by atoms with Crippen molar-refractivity contribution in [3.8, 4) is 0 Å². The Labute approximate surface area is 191 Å². The van der Waals surface area contributed by atoms with E-state index < -0.39 is 17.2 Å². The Kier molecular flexibility index (Phi) is 6.84. The lowest BCUT2D eigenvalue weighted by Gasteiger charge is -2.37. The quantitative estimate of drug-likeness (QED) is 0.520. The molecule has 1 fully saturated rings. The molecule has 0 bridgehead atoms. The number of alkyl halides is 3. The van der Waals surface area contributed by atoms with E-state index in [0.29, 0.717) is 38.2 Å². The fourth-order valence-corrected chi connectivity index (χ4v) is 4.52. The molecule has 3 nitrogen and oxygen atoms in total. The van der Waals surface area contributed by atoms with Gasteiger partial charge in [0.1, 0.15) is 0 Å². The number of halogens is 3. The minimum Gasteiger partial charge on any atom is -0.381 e. The number of amides is 1. The van der Waals surface area contributed by atoms with Gasteiger partial charge in [0.15, 0.2) is 0 Å². The highest BCUT2D eigenvalue weighted by molar-refractivity contribution is 5.88. The van der Waals surface area contributed by atoms with Crippen LogP contribution in [0.3, 0.4) is 0 Å². The van der Waals surface area contributed by atoms with E-state index in [1.54, 1.807) is 6.07 Å². The van der Waals surface area contributed by atoms with Crippen LogP contribution in [0.4, 0.5) is 13.2 Å². The minimum atomic E-state index is -4.47. The number of benzene rings is 3. The number of carbonyl (C=O) groups excluding carboxylic acids is 1. The molecule has 0 unspecified atom stereocenters. The molecule has 172 valence electrons. The molecule has 1 amide bonds. The molecule has 1 saturated heterocycles. The normalized spacial score (nSPS) is 15.9. The van der Waals surface area contributed by atoms with Gasteiger partial charge in [-0.3, -0.25) is 4.79 Å². The lowest BCUT2D eigenvalue weighted by Crippen LogP contribution is -2.49. The van der Waals surface area contributed by atoms with Crippen LogP contribution in [-0.4, -0.2) is 25.7 Å². The fraction of sp³-hybridized carbons (Fsp3) is 0.296. The van der Waals surface area contributed by atoms with Gasteiger partial charge in [0.2, 0.25) is 5.91 Å². The molecule has 0 spiro atoms. The average Bonchev–Trinajstić information content (AvgIpc) is 2.85. The number of hydrogen-bond donors (Lipinski definition) is 1. The largest absolute Gasteiger partial charge is 0.416 e. The van der Waals surface area contributed by atoms with Crippen molar-refractivity contribution in [2.24, 2.45) is 0 Å². The Morgan fingerprint density at radius 1 is 0.879 bits per heavy atom. The molecule has 1 heterocycles. The lowest BCUT2D eigenvalue weighted by molar-refractivity contribution is -0.138. The van der Waals surface area contributed by atoms with E-state index in [2.05, 4.69) is 5.32 Å².